The summed E-state index contributed by atoms with van der Waals surface area (Å²) < 4.78 is 4.69. The van der Waals surface area contributed by atoms with E-state index in [-0.39, 0.29) is 0 Å². The summed E-state index contributed by atoms with van der Waals surface area (Å²) in [6, 6.07) is 0. The molecule has 1 saturated heterocycles. The van der Waals surface area contributed by atoms with E-state index in [4.69, 9.17) is 5.11 Å². The highest BCUT2D eigenvalue weighted by molar-refractivity contribution is 5.86. The summed E-state index contributed by atoms with van der Waals surface area (Å²) in [6.45, 7) is 2.56. The van der Waals surface area contributed by atoms with Crippen molar-refractivity contribution in [2.45, 2.75) is 37.9 Å². The summed E-state index contributed by atoms with van der Waals surface area (Å²) >= 11 is 0. The normalized spacial score (nSPS) is 47.9. The molecule has 1 heterocycles. The number of carbonyl (C=O) groups is 1. The van der Waals surface area contributed by atoms with Crippen molar-refractivity contribution in [3.05, 3.63) is 0 Å². The molecular weight excluding hydrogens is 164 g/mol. The molecule has 12 heavy (non-hydrogen) atoms. The van der Waals surface area contributed by atoms with Crippen LogP contribution in [0.4, 0.5) is 0 Å². The Morgan fingerprint density at radius 1 is 1.50 bits per heavy atom. The zero-order valence-corrected chi connectivity index (χ0v) is 6.89. The summed E-state index contributed by atoms with van der Waals surface area (Å²) in [5.74, 6) is -0.702. The molecule has 0 aromatic heterocycles. The van der Waals surface area contributed by atoms with E-state index in [2.05, 4.69) is 4.74 Å². The summed E-state index contributed by atoms with van der Waals surface area (Å²) in [7, 11) is 0. The summed E-state index contributed by atoms with van der Waals surface area (Å²) in [5.41, 5.74) is -2.17. The Hall–Kier alpha value is -0.490. The van der Waals surface area contributed by atoms with Crippen LogP contribution < -0.4 is 0 Å². The van der Waals surface area contributed by atoms with Gasteiger partial charge in [0.25, 0.3) is 0 Å². The molecule has 5 nitrogen and oxygen atoms in total. The number of hydrogen-bond donors (Lipinski definition) is 3. The monoisotopic (exact) mass is 176 g/mol. The Kier molecular flexibility index (Phi) is 2.22. The van der Waals surface area contributed by atoms with Gasteiger partial charge in [-0.25, -0.2) is 0 Å². The van der Waals surface area contributed by atoms with Crippen molar-refractivity contribution in [2.24, 2.45) is 0 Å². The van der Waals surface area contributed by atoms with Crippen LogP contribution in [0.3, 0.4) is 0 Å². The van der Waals surface area contributed by atoms with Crippen molar-refractivity contribution in [1.29, 1.82) is 0 Å². The molecule has 70 valence electrons. The molecule has 1 aliphatic rings. The van der Waals surface area contributed by atoms with Gasteiger partial charge in [0.1, 0.15) is 6.10 Å². The number of ketones is 1. The van der Waals surface area contributed by atoms with E-state index in [1.807, 2.05) is 0 Å². The summed E-state index contributed by atoms with van der Waals surface area (Å²) in [4.78, 5) is 10.9. The van der Waals surface area contributed by atoms with Gasteiger partial charge in [-0.3, -0.25) is 4.79 Å². The second-order valence-electron chi connectivity index (χ2n) is 3.02. The molecule has 3 N–H and O–H groups in total. The van der Waals surface area contributed by atoms with E-state index in [9.17, 15) is 15.0 Å². The molecule has 0 unspecified atom stereocenters. The van der Waals surface area contributed by atoms with Gasteiger partial charge in [0.2, 0.25) is 5.60 Å². The van der Waals surface area contributed by atoms with Crippen LogP contribution in [-0.4, -0.2) is 45.2 Å². The van der Waals surface area contributed by atoms with Crippen molar-refractivity contribution >= 4 is 5.78 Å². The largest absolute Gasteiger partial charge is 0.387 e. The maximum Gasteiger partial charge on any atom is 0.202 e. The smallest absolute Gasteiger partial charge is 0.202 e. The zero-order valence-electron chi connectivity index (χ0n) is 6.89. The number of rotatable bonds is 1. The van der Waals surface area contributed by atoms with Crippen molar-refractivity contribution in [1.82, 2.24) is 0 Å². The van der Waals surface area contributed by atoms with E-state index in [1.54, 1.807) is 0 Å². The Morgan fingerprint density at radius 3 is 2.17 bits per heavy atom. The van der Waals surface area contributed by atoms with Gasteiger partial charge in [0.15, 0.2) is 12.1 Å². The van der Waals surface area contributed by atoms with Crippen LogP contribution in [0.1, 0.15) is 13.8 Å². The molecule has 0 saturated carbocycles. The van der Waals surface area contributed by atoms with Gasteiger partial charge in [-0.15, -0.1) is 0 Å². The van der Waals surface area contributed by atoms with Crippen LogP contribution in [0, 0.1) is 0 Å². The van der Waals surface area contributed by atoms with Gasteiger partial charge in [0, 0.05) is 0 Å². The van der Waals surface area contributed by atoms with E-state index >= 15 is 0 Å². The molecule has 0 bridgehead atoms. The molecule has 4 atom stereocenters. The van der Waals surface area contributed by atoms with Crippen LogP contribution in [0.25, 0.3) is 0 Å². The van der Waals surface area contributed by atoms with Gasteiger partial charge < -0.3 is 20.1 Å². The second-order valence-corrected chi connectivity index (χ2v) is 3.02. The lowest BCUT2D eigenvalue weighted by Gasteiger charge is -2.24. The predicted octanol–water partition coefficient (Wildman–Crippen LogP) is -1.60. The molecule has 1 rings (SSSR count). The minimum atomic E-state index is -2.17. The van der Waals surface area contributed by atoms with Gasteiger partial charge in [-0.05, 0) is 13.8 Å². The number of Topliss-reactive ketones (excluding diaryl/α,β-unsaturated/α-hetero) is 1. The summed E-state index contributed by atoms with van der Waals surface area (Å²) in [6.07, 6.45) is -3.75. The van der Waals surface area contributed by atoms with E-state index in [0.717, 1.165) is 6.92 Å². The van der Waals surface area contributed by atoms with Crippen molar-refractivity contribution in [3.63, 3.8) is 0 Å². The lowest BCUT2D eigenvalue weighted by Crippen LogP contribution is -2.53. The fraction of sp³-hybridized carbons (Fsp3) is 0.857. The maximum absolute atomic E-state index is 10.9. The topological polar surface area (TPSA) is 87.0 Å². The lowest BCUT2D eigenvalue weighted by molar-refractivity contribution is -0.183. The molecule has 0 aromatic carbocycles. The SMILES string of the molecule is CC(=O)[C@@]1(O)[C@H](O)[C@@H](C)O[C@@H]1O. The van der Waals surface area contributed by atoms with Crippen molar-refractivity contribution in [3.8, 4) is 0 Å². The van der Waals surface area contributed by atoms with Crippen LogP contribution >= 0.6 is 0 Å². The lowest BCUT2D eigenvalue weighted by atomic mass is 9.92. The zero-order chi connectivity index (χ0) is 9.52. The fourth-order valence-electron chi connectivity index (χ4n) is 1.27. The Bertz CT molecular complexity index is 204. The number of ether oxygens (including phenoxy) is 1. The van der Waals surface area contributed by atoms with E-state index < -0.39 is 29.9 Å². The van der Waals surface area contributed by atoms with E-state index in [1.165, 1.54) is 6.92 Å². The van der Waals surface area contributed by atoms with Gasteiger partial charge in [0.05, 0.1) is 6.10 Å². The maximum atomic E-state index is 10.9. The molecule has 0 spiro atoms. The Labute approximate surface area is 69.6 Å². The first kappa shape index (κ1) is 9.60. The molecule has 0 aromatic rings. The first-order chi connectivity index (χ1) is 5.40. The van der Waals surface area contributed by atoms with Crippen LogP contribution in [0.15, 0.2) is 0 Å². The Balaban J connectivity index is 2.95. The van der Waals surface area contributed by atoms with Gasteiger partial charge in [-0.1, -0.05) is 0 Å². The highest BCUT2D eigenvalue weighted by atomic mass is 16.6. The van der Waals surface area contributed by atoms with E-state index in [0.29, 0.717) is 0 Å². The molecule has 5 heteroatoms. The van der Waals surface area contributed by atoms with Crippen molar-refractivity contribution < 1.29 is 24.9 Å². The fourth-order valence-corrected chi connectivity index (χ4v) is 1.27. The first-order valence-electron chi connectivity index (χ1n) is 3.65. The molecule has 1 fully saturated rings. The van der Waals surface area contributed by atoms with Crippen LogP contribution in [0.2, 0.25) is 0 Å². The van der Waals surface area contributed by atoms with Crippen molar-refractivity contribution in [2.75, 3.05) is 0 Å². The van der Waals surface area contributed by atoms with Gasteiger partial charge in [-0.2, -0.15) is 0 Å². The number of aliphatic hydroxyl groups excluding tert-OH is 2. The quantitative estimate of drug-likeness (QED) is 0.448. The molecule has 0 aliphatic carbocycles. The van der Waals surface area contributed by atoms with Crippen LogP contribution in [-0.2, 0) is 9.53 Å². The minimum absolute atomic E-state index is 0.702. The Morgan fingerprint density at radius 2 is 2.00 bits per heavy atom. The molecule has 0 radical (unpaired) electrons. The second kappa shape index (κ2) is 2.77. The molecular formula is C7H12O5. The predicted molar refractivity (Wildman–Crippen MR) is 38.2 cm³/mol. The standard InChI is InChI=1S/C7H12O5/c1-3-5(9)7(11,4(2)8)6(10)12-3/h3,5-6,9-11H,1-2H3/t3-,5-,6+,7-/m1/s1. The van der Waals surface area contributed by atoms with Crippen LogP contribution in [0.5, 0.6) is 0 Å². The number of aliphatic hydroxyl groups is 3. The number of hydrogen-bond acceptors (Lipinski definition) is 5. The van der Waals surface area contributed by atoms with Gasteiger partial charge >= 0.3 is 0 Å². The third-order valence-corrected chi connectivity index (χ3v) is 2.18. The average molecular weight is 176 g/mol. The highest BCUT2D eigenvalue weighted by Crippen LogP contribution is 2.30. The molecule has 1 aliphatic heterocycles. The molecule has 0 amide bonds. The average Bonchev–Trinajstić information content (AvgIpc) is 2.16. The third-order valence-electron chi connectivity index (χ3n) is 2.18. The first-order valence-corrected chi connectivity index (χ1v) is 3.65. The number of carbonyl (C=O) groups excluding carboxylic acids is 1. The third kappa shape index (κ3) is 1.06. The summed E-state index contributed by atoms with van der Waals surface area (Å²) in [5, 5.41) is 27.9. The minimum Gasteiger partial charge on any atom is -0.387 e. The highest BCUT2D eigenvalue weighted by Gasteiger charge is 2.56.